The number of methoxy groups -OCH3 is 1. The Morgan fingerprint density at radius 1 is 1.33 bits per heavy atom. The summed E-state index contributed by atoms with van der Waals surface area (Å²) >= 11 is 0. The topological polar surface area (TPSA) is 46.5 Å². The van der Waals surface area contributed by atoms with Crippen molar-refractivity contribution < 1.29 is 14.6 Å². The fourth-order valence-corrected chi connectivity index (χ4v) is 3.76. The Hall–Kier alpha value is -0.830. The number of ether oxygens (including phenoxy) is 1. The van der Waals surface area contributed by atoms with Crippen LogP contribution in [0.1, 0.15) is 44.9 Å². The van der Waals surface area contributed by atoms with E-state index in [4.69, 9.17) is 9.84 Å². The standard InChI is InChI=1S/C15H24O3/c1-18-15-12(6-4-8-14(16)17)10-9-11-5-2-3-7-13(11)15/h2-3,11-13,15H,4-10H2,1H3,(H,16,17). The number of fused-ring (bicyclic) bond motifs is 1. The molecule has 2 aliphatic rings. The summed E-state index contributed by atoms with van der Waals surface area (Å²) in [7, 11) is 1.82. The van der Waals surface area contributed by atoms with E-state index < -0.39 is 5.97 Å². The molecule has 0 amide bonds. The molecule has 0 saturated heterocycles. The third-order valence-electron chi connectivity index (χ3n) is 4.65. The van der Waals surface area contributed by atoms with E-state index in [0.717, 1.165) is 25.2 Å². The minimum absolute atomic E-state index is 0.293. The average Bonchev–Trinajstić information content (AvgIpc) is 2.38. The molecule has 2 aliphatic carbocycles. The maximum atomic E-state index is 10.6. The molecule has 102 valence electrons. The number of rotatable bonds is 5. The van der Waals surface area contributed by atoms with Gasteiger partial charge in [0.1, 0.15) is 0 Å². The van der Waals surface area contributed by atoms with Crippen LogP contribution < -0.4 is 0 Å². The predicted molar refractivity (Wildman–Crippen MR) is 70.4 cm³/mol. The lowest BCUT2D eigenvalue weighted by atomic mass is 9.66. The quantitative estimate of drug-likeness (QED) is 0.764. The van der Waals surface area contributed by atoms with Crippen molar-refractivity contribution in [1.29, 1.82) is 0 Å². The Bertz CT molecular complexity index is 311. The van der Waals surface area contributed by atoms with Gasteiger partial charge < -0.3 is 9.84 Å². The number of hydrogen-bond acceptors (Lipinski definition) is 2. The SMILES string of the molecule is COC1C(CCCC(=O)O)CCC2CC=CCC21. The van der Waals surface area contributed by atoms with Crippen molar-refractivity contribution in [2.75, 3.05) is 7.11 Å². The third kappa shape index (κ3) is 3.14. The van der Waals surface area contributed by atoms with Crippen molar-refractivity contribution in [2.24, 2.45) is 17.8 Å². The van der Waals surface area contributed by atoms with Crippen LogP contribution in [0.3, 0.4) is 0 Å². The number of allylic oxidation sites excluding steroid dienone is 2. The summed E-state index contributed by atoms with van der Waals surface area (Å²) in [6, 6.07) is 0. The van der Waals surface area contributed by atoms with E-state index in [1.54, 1.807) is 0 Å². The Balaban J connectivity index is 1.90. The third-order valence-corrected chi connectivity index (χ3v) is 4.65. The highest BCUT2D eigenvalue weighted by Crippen LogP contribution is 2.43. The number of carboxylic acid groups (broad SMARTS) is 1. The molecule has 4 unspecified atom stereocenters. The van der Waals surface area contributed by atoms with E-state index in [0.29, 0.717) is 24.4 Å². The maximum absolute atomic E-state index is 10.6. The first-order valence-electron chi connectivity index (χ1n) is 7.12. The molecule has 1 fully saturated rings. The van der Waals surface area contributed by atoms with Crippen molar-refractivity contribution in [3.8, 4) is 0 Å². The van der Waals surface area contributed by atoms with E-state index >= 15 is 0 Å². The second-order valence-corrected chi connectivity index (χ2v) is 5.69. The molecule has 0 aliphatic heterocycles. The molecular formula is C15H24O3. The van der Waals surface area contributed by atoms with Gasteiger partial charge in [-0.05, 0) is 56.3 Å². The zero-order valence-corrected chi connectivity index (χ0v) is 11.2. The summed E-state index contributed by atoms with van der Waals surface area (Å²) in [6.45, 7) is 0. The van der Waals surface area contributed by atoms with Gasteiger partial charge in [0.15, 0.2) is 0 Å². The van der Waals surface area contributed by atoms with Crippen molar-refractivity contribution in [2.45, 2.75) is 51.0 Å². The summed E-state index contributed by atoms with van der Waals surface area (Å²) in [5.41, 5.74) is 0. The van der Waals surface area contributed by atoms with Crippen LogP contribution in [0.4, 0.5) is 0 Å². The normalized spacial score (nSPS) is 35.2. The van der Waals surface area contributed by atoms with Crippen molar-refractivity contribution in [3.63, 3.8) is 0 Å². The minimum atomic E-state index is -0.682. The highest BCUT2D eigenvalue weighted by Gasteiger charge is 2.39. The largest absolute Gasteiger partial charge is 0.481 e. The number of hydrogen-bond donors (Lipinski definition) is 1. The second-order valence-electron chi connectivity index (χ2n) is 5.69. The highest BCUT2D eigenvalue weighted by atomic mass is 16.5. The Morgan fingerprint density at radius 3 is 2.83 bits per heavy atom. The lowest BCUT2D eigenvalue weighted by Gasteiger charge is -2.43. The summed E-state index contributed by atoms with van der Waals surface area (Å²) < 4.78 is 5.75. The molecule has 4 atom stereocenters. The van der Waals surface area contributed by atoms with Crippen molar-refractivity contribution in [1.82, 2.24) is 0 Å². The minimum Gasteiger partial charge on any atom is -0.481 e. The molecule has 0 aromatic carbocycles. The second kappa shape index (κ2) is 6.37. The van der Waals surface area contributed by atoms with E-state index in [1.165, 1.54) is 19.3 Å². The van der Waals surface area contributed by atoms with Gasteiger partial charge in [-0.3, -0.25) is 4.79 Å². The molecule has 3 nitrogen and oxygen atoms in total. The lowest BCUT2D eigenvalue weighted by molar-refractivity contribution is -0.137. The van der Waals surface area contributed by atoms with Crippen LogP contribution in [-0.4, -0.2) is 24.3 Å². The molecule has 18 heavy (non-hydrogen) atoms. The molecule has 1 saturated carbocycles. The van der Waals surface area contributed by atoms with Crippen LogP contribution in [0.25, 0.3) is 0 Å². The van der Waals surface area contributed by atoms with E-state index in [-0.39, 0.29) is 0 Å². The van der Waals surface area contributed by atoms with Crippen LogP contribution in [0.15, 0.2) is 12.2 Å². The van der Waals surface area contributed by atoms with Gasteiger partial charge in [0.2, 0.25) is 0 Å². The summed E-state index contributed by atoms with van der Waals surface area (Å²) in [5.74, 6) is 1.32. The molecule has 1 N–H and O–H groups in total. The zero-order chi connectivity index (χ0) is 13.0. The smallest absolute Gasteiger partial charge is 0.303 e. The Labute approximate surface area is 109 Å². The highest BCUT2D eigenvalue weighted by molar-refractivity contribution is 5.66. The first-order valence-corrected chi connectivity index (χ1v) is 7.12. The Kier molecular flexibility index (Phi) is 4.81. The Morgan fingerprint density at radius 2 is 2.11 bits per heavy atom. The number of carboxylic acids is 1. The van der Waals surface area contributed by atoms with Gasteiger partial charge in [0, 0.05) is 13.5 Å². The van der Waals surface area contributed by atoms with Crippen molar-refractivity contribution in [3.05, 3.63) is 12.2 Å². The van der Waals surface area contributed by atoms with Crippen LogP contribution in [0.5, 0.6) is 0 Å². The molecule has 2 rings (SSSR count). The molecule has 0 aromatic rings. The van der Waals surface area contributed by atoms with E-state index in [1.807, 2.05) is 7.11 Å². The monoisotopic (exact) mass is 252 g/mol. The van der Waals surface area contributed by atoms with Crippen LogP contribution in [0.2, 0.25) is 0 Å². The molecular weight excluding hydrogens is 228 g/mol. The molecule has 0 radical (unpaired) electrons. The van der Waals surface area contributed by atoms with Crippen LogP contribution in [-0.2, 0) is 9.53 Å². The maximum Gasteiger partial charge on any atom is 0.303 e. The molecule has 3 heteroatoms. The van der Waals surface area contributed by atoms with Gasteiger partial charge in [-0.25, -0.2) is 0 Å². The van der Waals surface area contributed by atoms with Crippen molar-refractivity contribution >= 4 is 5.97 Å². The van der Waals surface area contributed by atoms with Crippen LogP contribution in [0, 0.1) is 17.8 Å². The van der Waals surface area contributed by atoms with Gasteiger partial charge in [-0.15, -0.1) is 0 Å². The van der Waals surface area contributed by atoms with E-state index in [9.17, 15) is 4.79 Å². The van der Waals surface area contributed by atoms with Crippen LogP contribution >= 0.6 is 0 Å². The summed E-state index contributed by atoms with van der Waals surface area (Å²) in [6.07, 6.45) is 11.8. The average molecular weight is 252 g/mol. The predicted octanol–water partition coefficient (Wildman–Crippen LogP) is 3.25. The summed E-state index contributed by atoms with van der Waals surface area (Å²) in [5, 5.41) is 8.71. The molecule has 0 heterocycles. The molecule has 0 bridgehead atoms. The fourth-order valence-electron chi connectivity index (χ4n) is 3.76. The first kappa shape index (κ1) is 13.6. The van der Waals surface area contributed by atoms with Gasteiger partial charge in [-0.2, -0.15) is 0 Å². The number of carbonyl (C=O) groups is 1. The fraction of sp³-hybridized carbons (Fsp3) is 0.800. The lowest BCUT2D eigenvalue weighted by Crippen LogP contribution is -2.41. The zero-order valence-electron chi connectivity index (χ0n) is 11.2. The van der Waals surface area contributed by atoms with E-state index in [2.05, 4.69) is 12.2 Å². The van der Waals surface area contributed by atoms with Gasteiger partial charge in [-0.1, -0.05) is 12.2 Å². The van der Waals surface area contributed by atoms with Gasteiger partial charge in [0.05, 0.1) is 6.10 Å². The number of aliphatic carboxylic acids is 1. The first-order chi connectivity index (χ1) is 8.72. The molecule has 0 spiro atoms. The molecule has 0 aromatic heterocycles. The van der Waals surface area contributed by atoms with Gasteiger partial charge in [0.25, 0.3) is 0 Å². The van der Waals surface area contributed by atoms with Gasteiger partial charge >= 0.3 is 5.97 Å². The summed E-state index contributed by atoms with van der Waals surface area (Å²) in [4.78, 5) is 10.6.